The molecule has 8 heteroatoms. The number of carbonyl (C=O) groups excluding carboxylic acids is 1. The highest BCUT2D eigenvalue weighted by molar-refractivity contribution is 5.68. The Labute approximate surface area is 151 Å². The zero-order valence-electron chi connectivity index (χ0n) is 15.1. The van der Waals surface area contributed by atoms with Crippen molar-refractivity contribution < 1.29 is 27.8 Å². The molecule has 1 unspecified atom stereocenters. The molecule has 1 aromatic rings. The predicted molar refractivity (Wildman–Crippen MR) is 90.8 cm³/mol. The smallest absolute Gasteiger partial charge is 0.418 e. The van der Waals surface area contributed by atoms with E-state index in [4.69, 9.17) is 4.74 Å². The lowest BCUT2D eigenvalue weighted by atomic mass is 10.0. The number of hydrogen-bond donors (Lipinski definition) is 2. The van der Waals surface area contributed by atoms with Gasteiger partial charge < -0.3 is 20.1 Å². The minimum absolute atomic E-state index is 0.0188. The number of halogens is 3. The van der Waals surface area contributed by atoms with Crippen molar-refractivity contribution in [1.29, 1.82) is 0 Å². The predicted octanol–water partition coefficient (Wildman–Crippen LogP) is 3.03. The first kappa shape index (κ1) is 20.5. The average molecular weight is 374 g/mol. The number of benzene rings is 1. The number of amides is 1. The Bertz CT molecular complexity index is 612. The number of rotatable bonds is 3. The Hall–Kier alpha value is -1.80. The highest BCUT2D eigenvalue weighted by Gasteiger charge is 2.39. The number of nitrogens with zero attached hydrogens (tertiary/aromatic N) is 1. The van der Waals surface area contributed by atoms with Crippen LogP contribution in [0.2, 0.25) is 0 Å². The van der Waals surface area contributed by atoms with Crippen molar-refractivity contribution in [2.45, 2.75) is 51.1 Å². The molecule has 0 aromatic heterocycles. The standard InChI is InChI=1S/C18H25F3N2O3/c1-17(2,3)26-16(25)23-9-8-22-14(11-23)10-12-4-6-13(7-5-12)15(24)18(19,20)21/h4-7,14-15,22,24H,8-11H2,1-3H3/t14-,15?/m1/s1. The van der Waals surface area contributed by atoms with Gasteiger partial charge in [0.2, 0.25) is 0 Å². The number of aliphatic hydroxyl groups excluding tert-OH is 1. The summed E-state index contributed by atoms with van der Waals surface area (Å²) in [6.07, 6.45) is -6.97. The summed E-state index contributed by atoms with van der Waals surface area (Å²) >= 11 is 0. The molecule has 2 rings (SSSR count). The minimum atomic E-state index is -4.68. The van der Waals surface area contributed by atoms with E-state index in [1.807, 2.05) is 20.8 Å². The molecule has 1 fully saturated rings. The molecule has 1 aliphatic rings. The molecule has 1 aliphatic heterocycles. The molecule has 5 nitrogen and oxygen atoms in total. The van der Waals surface area contributed by atoms with Crippen LogP contribution in [0.5, 0.6) is 0 Å². The monoisotopic (exact) mass is 374 g/mol. The molecular formula is C18H25F3N2O3. The second-order valence-electron chi connectivity index (χ2n) is 7.47. The third-order valence-corrected chi connectivity index (χ3v) is 3.99. The number of carbonyl (C=O) groups is 1. The van der Waals surface area contributed by atoms with Crippen LogP contribution in [0.25, 0.3) is 0 Å². The van der Waals surface area contributed by atoms with Gasteiger partial charge in [-0.05, 0) is 38.3 Å². The Kier molecular flexibility index (Phi) is 6.18. The topological polar surface area (TPSA) is 61.8 Å². The van der Waals surface area contributed by atoms with Gasteiger partial charge in [0, 0.05) is 25.7 Å². The number of ether oxygens (including phenoxy) is 1. The fraction of sp³-hybridized carbons (Fsp3) is 0.611. The van der Waals surface area contributed by atoms with E-state index in [0.29, 0.717) is 26.1 Å². The first-order chi connectivity index (χ1) is 12.0. The molecule has 1 saturated heterocycles. The fourth-order valence-electron chi connectivity index (χ4n) is 2.76. The van der Waals surface area contributed by atoms with Gasteiger partial charge in [-0.25, -0.2) is 4.79 Å². The van der Waals surface area contributed by atoms with Crippen LogP contribution in [0.4, 0.5) is 18.0 Å². The first-order valence-electron chi connectivity index (χ1n) is 8.50. The van der Waals surface area contributed by atoms with Crippen molar-refractivity contribution in [3.05, 3.63) is 35.4 Å². The van der Waals surface area contributed by atoms with Crippen LogP contribution >= 0.6 is 0 Å². The van der Waals surface area contributed by atoms with Crippen LogP contribution in [0, 0.1) is 0 Å². The number of alkyl halides is 3. The molecule has 0 saturated carbocycles. The molecule has 146 valence electrons. The van der Waals surface area contributed by atoms with Crippen LogP contribution in [0.3, 0.4) is 0 Å². The molecule has 1 aromatic carbocycles. The van der Waals surface area contributed by atoms with E-state index >= 15 is 0 Å². The minimum Gasteiger partial charge on any atom is -0.444 e. The first-order valence-corrected chi connectivity index (χ1v) is 8.50. The molecule has 0 aliphatic carbocycles. The van der Waals surface area contributed by atoms with E-state index in [1.54, 1.807) is 17.0 Å². The summed E-state index contributed by atoms with van der Waals surface area (Å²) < 4.78 is 43.0. The maximum atomic E-state index is 12.5. The van der Waals surface area contributed by atoms with E-state index < -0.39 is 17.9 Å². The van der Waals surface area contributed by atoms with E-state index in [0.717, 1.165) is 5.56 Å². The molecule has 2 atom stereocenters. The Morgan fingerprint density at radius 1 is 1.31 bits per heavy atom. The van der Waals surface area contributed by atoms with Gasteiger partial charge in [0.15, 0.2) is 6.10 Å². The van der Waals surface area contributed by atoms with Crippen molar-refractivity contribution >= 4 is 6.09 Å². The lowest BCUT2D eigenvalue weighted by Gasteiger charge is -2.35. The van der Waals surface area contributed by atoms with Gasteiger partial charge in [0.25, 0.3) is 0 Å². The summed E-state index contributed by atoms with van der Waals surface area (Å²) in [6.45, 7) is 7.04. The summed E-state index contributed by atoms with van der Waals surface area (Å²) in [5.41, 5.74) is 0.0759. The summed E-state index contributed by atoms with van der Waals surface area (Å²) in [6, 6.07) is 5.68. The fourth-order valence-corrected chi connectivity index (χ4v) is 2.76. The largest absolute Gasteiger partial charge is 0.444 e. The molecule has 0 bridgehead atoms. The molecule has 1 heterocycles. The van der Waals surface area contributed by atoms with E-state index in [1.165, 1.54) is 12.1 Å². The molecule has 2 N–H and O–H groups in total. The average Bonchev–Trinajstić information content (AvgIpc) is 2.53. The summed E-state index contributed by atoms with van der Waals surface area (Å²) in [4.78, 5) is 13.8. The second-order valence-corrected chi connectivity index (χ2v) is 7.47. The summed E-state index contributed by atoms with van der Waals surface area (Å²) in [7, 11) is 0. The van der Waals surface area contributed by atoms with Gasteiger partial charge in [-0.2, -0.15) is 13.2 Å². The number of piperazine rings is 1. The van der Waals surface area contributed by atoms with Crippen LogP contribution in [0.15, 0.2) is 24.3 Å². The lowest BCUT2D eigenvalue weighted by Crippen LogP contribution is -2.54. The zero-order chi connectivity index (χ0) is 19.5. The van der Waals surface area contributed by atoms with E-state index in [2.05, 4.69) is 5.32 Å². The van der Waals surface area contributed by atoms with Crippen LogP contribution in [-0.4, -0.2) is 53.6 Å². The van der Waals surface area contributed by atoms with Crippen LogP contribution in [-0.2, 0) is 11.2 Å². The summed E-state index contributed by atoms with van der Waals surface area (Å²) in [5.74, 6) is 0. The van der Waals surface area contributed by atoms with Crippen molar-refractivity contribution in [2.24, 2.45) is 0 Å². The van der Waals surface area contributed by atoms with Crippen LogP contribution in [0.1, 0.15) is 38.0 Å². The Morgan fingerprint density at radius 3 is 2.46 bits per heavy atom. The van der Waals surface area contributed by atoms with Crippen molar-refractivity contribution in [3.8, 4) is 0 Å². The maximum absolute atomic E-state index is 12.5. The highest BCUT2D eigenvalue weighted by Crippen LogP contribution is 2.32. The van der Waals surface area contributed by atoms with Gasteiger partial charge in [-0.3, -0.25) is 0 Å². The highest BCUT2D eigenvalue weighted by atomic mass is 19.4. The van der Waals surface area contributed by atoms with Crippen LogP contribution < -0.4 is 5.32 Å². The Morgan fingerprint density at radius 2 is 1.92 bits per heavy atom. The molecule has 26 heavy (non-hydrogen) atoms. The maximum Gasteiger partial charge on any atom is 0.418 e. The van der Waals surface area contributed by atoms with Crippen molar-refractivity contribution in [1.82, 2.24) is 10.2 Å². The number of hydrogen-bond acceptors (Lipinski definition) is 4. The Balaban J connectivity index is 1.95. The van der Waals surface area contributed by atoms with E-state index in [-0.39, 0.29) is 17.7 Å². The normalized spacial score (nSPS) is 20.0. The molecule has 0 radical (unpaired) electrons. The van der Waals surface area contributed by atoms with Gasteiger partial charge in [0.05, 0.1) is 0 Å². The SMILES string of the molecule is CC(C)(C)OC(=O)N1CCN[C@H](Cc2ccc(C(O)C(F)(F)F)cc2)C1. The lowest BCUT2D eigenvalue weighted by molar-refractivity contribution is -0.206. The third-order valence-electron chi connectivity index (χ3n) is 3.99. The van der Waals surface area contributed by atoms with Gasteiger partial charge >= 0.3 is 12.3 Å². The van der Waals surface area contributed by atoms with Gasteiger partial charge in [-0.1, -0.05) is 24.3 Å². The van der Waals surface area contributed by atoms with Crippen molar-refractivity contribution in [2.75, 3.05) is 19.6 Å². The molecule has 1 amide bonds. The quantitative estimate of drug-likeness (QED) is 0.854. The van der Waals surface area contributed by atoms with Gasteiger partial charge in [0.1, 0.15) is 5.60 Å². The number of aliphatic hydroxyl groups is 1. The van der Waals surface area contributed by atoms with Crippen molar-refractivity contribution in [3.63, 3.8) is 0 Å². The van der Waals surface area contributed by atoms with Gasteiger partial charge in [-0.15, -0.1) is 0 Å². The molecule has 0 spiro atoms. The summed E-state index contributed by atoms with van der Waals surface area (Å²) in [5, 5.41) is 12.6. The third kappa shape index (κ3) is 5.88. The molecular weight excluding hydrogens is 349 g/mol. The second kappa shape index (κ2) is 7.84. The van der Waals surface area contributed by atoms with E-state index in [9.17, 15) is 23.1 Å². The number of nitrogens with one attached hydrogen (secondary N) is 1. The zero-order valence-corrected chi connectivity index (χ0v) is 15.1.